The van der Waals surface area contributed by atoms with Gasteiger partial charge in [0.25, 0.3) is 5.91 Å². The highest BCUT2D eigenvalue weighted by molar-refractivity contribution is 8.15. The topological polar surface area (TPSA) is 61.8 Å². The number of anilines is 1. The second-order valence-corrected chi connectivity index (χ2v) is 8.60. The first-order valence-corrected chi connectivity index (χ1v) is 10.0. The van der Waals surface area contributed by atoms with E-state index in [0.717, 1.165) is 6.42 Å². The number of nitrogens with zero attached hydrogens (tertiary/aromatic N) is 2. The molecule has 1 fully saturated rings. The van der Waals surface area contributed by atoms with Crippen LogP contribution >= 0.6 is 23.4 Å². The molecule has 2 bridgehead atoms. The Morgan fingerprint density at radius 1 is 1.35 bits per heavy atom. The van der Waals surface area contributed by atoms with Crippen molar-refractivity contribution in [2.24, 2.45) is 16.8 Å². The second-order valence-electron chi connectivity index (χ2n) is 7.00. The third-order valence-electron chi connectivity index (χ3n) is 5.28. The molecule has 4 rings (SSSR count). The van der Waals surface area contributed by atoms with E-state index >= 15 is 0 Å². The molecule has 0 saturated heterocycles. The van der Waals surface area contributed by atoms with Crippen LogP contribution in [0, 0.1) is 11.8 Å². The zero-order chi connectivity index (χ0) is 18.3. The largest absolute Gasteiger partial charge is 0.361 e. The summed E-state index contributed by atoms with van der Waals surface area (Å²) in [5.74, 6) is 0.799. The average Bonchev–Trinajstić information content (AvgIpc) is 3.31. The molecule has 136 valence electrons. The minimum absolute atomic E-state index is 0.108. The van der Waals surface area contributed by atoms with Gasteiger partial charge in [-0.3, -0.25) is 9.59 Å². The normalized spacial score (nSPS) is 29.2. The summed E-state index contributed by atoms with van der Waals surface area (Å²) in [6.45, 7) is 0. The Hall–Kier alpha value is -1.79. The van der Waals surface area contributed by atoms with Gasteiger partial charge in [0, 0.05) is 19.5 Å². The highest BCUT2D eigenvalue weighted by Gasteiger charge is 2.38. The van der Waals surface area contributed by atoms with E-state index in [9.17, 15) is 9.59 Å². The van der Waals surface area contributed by atoms with Gasteiger partial charge in [0.2, 0.25) is 5.91 Å². The first-order valence-electron chi connectivity index (χ1n) is 8.76. The highest BCUT2D eigenvalue weighted by atomic mass is 35.5. The number of fused-ring (bicyclic) bond motifs is 2. The Morgan fingerprint density at radius 2 is 2.15 bits per heavy atom. The number of hydrogen-bond acceptors (Lipinski definition) is 4. The number of rotatable bonds is 4. The molecule has 0 spiro atoms. The Balaban J connectivity index is 1.35. The van der Waals surface area contributed by atoms with Crippen molar-refractivity contribution in [1.29, 1.82) is 0 Å². The van der Waals surface area contributed by atoms with Gasteiger partial charge in [-0.15, -0.1) is 0 Å². The van der Waals surface area contributed by atoms with Crippen molar-refractivity contribution in [2.45, 2.75) is 30.6 Å². The average molecular weight is 390 g/mol. The number of hydrogen-bond donors (Lipinski definition) is 1. The number of halogens is 1. The Morgan fingerprint density at radius 3 is 2.85 bits per heavy atom. The summed E-state index contributed by atoms with van der Waals surface area (Å²) in [6.07, 6.45) is 6.93. The van der Waals surface area contributed by atoms with Gasteiger partial charge < -0.3 is 10.2 Å². The van der Waals surface area contributed by atoms with E-state index in [1.807, 2.05) is 12.1 Å². The number of para-hydroxylation sites is 1. The second kappa shape index (κ2) is 7.08. The minimum Gasteiger partial charge on any atom is -0.361 e. The molecule has 4 atom stereocenters. The lowest BCUT2D eigenvalue weighted by Gasteiger charge is -2.21. The molecule has 4 unspecified atom stereocenters. The minimum atomic E-state index is -0.468. The van der Waals surface area contributed by atoms with Crippen molar-refractivity contribution in [3.63, 3.8) is 0 Å². The van der Waals surface area contributed by atoms with Crippen molar-refractivity contribution in [1.82, 2.24) is 5.32 Å². The molecule has 1 aromatic rings. The Bertz CT molecular complexity index is 810. The van der Waals surface area contributed by atoms with E-state index in [1.54, 1.807) is 19.2 Å². The molecule has 2 amide bonds. The zero-order valence-electron chi connectivity index (χ0n) is 14.4. The highest BCUT2D eigenvalue weighted by Crippen LogP contribution is 2.39. The third-order valence-corrected chi connectivity index (χ3v) is 6.68. The van der Waals surface area contributed by atoms with Crippen molar-refractivity contribution < 1.29 is 9.59 Å². The summed E-state index contributed by atoms with van der Waals surface area (Å²) in [6, 6.07) is 7.53. The number of amidine groups is 1. The van der Waals surface area contributed by atoms with Crippen molar-refractivity contribution in [3.05, 3.63) is 41.4 Å². The number of amides is 2. The third kappa shape index (κ3) is 3.40. The molecule has 26 heavy (non-hydrogen) atoms. The van der Waals surface area contributed by atoms with Crippen LogP contribution in [0.4, 0.5) is 5.69 Å². The van der Waals surface area contributed by atoms with Crippen LogP contribution in [0.1, 0.15) is 19.3 Å². The summed E-state index contributed by atoms with van der Waals surface area (Å²) in [5.41, 5.74) is 0.641. The molecule has 1 saturated carbocycles. The maximum Gasteiger partial charge on any atom is 0.262 e. The summed E-state index contributed by atoms with van der Waals surface area (Å²) in [7, 11) is 1.68. The molecular weight excluding hydrogens is 370 g/mol. The van der Waals surface area contributed by atoms with Gasteiger partial charge in [-0.25, -0.2) is 0 Å². The fraction of sp³-hybridized carbons (Fsp3) is 0.421. The molecule has 5 nitrogen and oxygen atoms in total. The van der Waals surface area contributed by atoms with Crippen LogP contribution in [0.5, 0.6) is 0 Å². The first kappa shape index (κ1) is 17.6. The lowest BCUT2D eigenvalue weighted by molar-refractivity contribution is -0.122. The van der Waals surface area contributed by atoms with Crippen LogP contribution in [0.15, 0.2) is 41.4 Å². The monoisotopic (exact) mass is 389 g/mol. The number of nitrogens with one attached hydrogen (secondary N) is 1. The van der Waals surface area contributed by atoms with Gasteiger partial charge >= 0.3 is 0 Å². The summed E-state index contributed by atoms with van der Waals surface area (Å²) in [4.78, 5) is 30.4. The summed E-state index contributed by atoms with van der Waals surface area (Å²) >= 11 is 7.52. The first-order chi connectivity index (χ1) is 12.5. The number of carbonyl (C=O) groups is 2. The van der Waals surface area contributed by atoms with Gasteiger partial charge in [-0.1, -0.05) is 47.6 Å². The maximum absolute atomic E-state index is 12.6. The van der Waals surface area contributed by atoms with Gasteiger partial charge in [0.05, 0.1) is 10.7 Å². The Labute approximate surface area is 161 Å². The van der Waals surface area contributed by atoms with Crippen LogP contribution in [-0.2, 0) is 9.59 Å². The quantitative estimate of drug-likeness (QED) is 0.803. The predicted octanol–water partition coefficient (Wildman–Crippen LogP) is 3.25. The van der Waals surface area contributed by atoms with Gasteiger partial charge in [0.1, 0.15) is 5.25 Å². The smallest absolute Gasteiger partial charge is 0.262 e. The lowest BCUT2D eigenvalue weighted by atomic mass is 10.0. The van der Waals surface area contributed by atoms with E-state index in [1.165, 1.54) is 23.1 Å². The van der Waals surface area contributed by atoms with E-state index in [0.29, 0.717) is 33.8 Å². The lowest BCUT2D eigenvalue weighted by Crippen LogP contribution is -2.35. The molecule has 0 radical (unpaired) electrons. The molecule has 0 aromatic heterocycles. The standard InChI is InChI=1S/C19H20ClN3O2S/c1-23(15-5-3-2-4-13(15)20)17(24)10-16-18(25)22-19(26-16)21-14-9-11-6-7-12(14)8-11/h2-7,11-12,14,16H,8-10H2,1H3,(H,21,22,25). The van der Waals surface area contributed by atoms with Crippen LogP contribution in [0.3, 0.4) is 0 Å². The molecule has 7 heteroatoms. The van der Waals surface area contributed by atoms with E-state index in [4.69, 9.17) is 11.6 Å². The Kier molecular flexibility index (Phi) is 4.80. The van der Waals surface area contributed by atoms with Crippen molar-refractivity contribution >= 4 is 46.0 Å². The zero-order valence-corrected chi connectivity index (χ0v) is 16.0. The van der Waals surface area contributed by atoms with Gasteiger partial charge in [-0.05, 0) is 36.8 Å². The van der Waals surface area contributed by atoms with Crippen LogP contribution in [0.2, 0.25) is 5.02 Å². The molecule has 3 aliphatic rings. The number of thioether (sulfide) groups is 1. The fourth-order valence-corrected chi connectivity index (χ4v) is 5.11. The van der Waals surface area contributed by atoms with E-state index in [2.05, 4.69) is 22.5 Å². The summed E-state index contributed by atoms with van der Waals surface area (Å²) < 4.78 is 0. The number of allylic oxidation sites excluding steroid dienone is 1. The molecule has 1 aromatic carbocycles. The van der Waals surface area contributed by atoms with E-state index in [-0.39, 0.29) is 18.2 Å². The molecule has 1 heterocycles. The number of benzene rings is 1. The van der Waals surface area contributed by atoms with Crippen LogP contribution < -0.4 is 10.2 Å². The molecule has 2 aliphatic carbocycles. The number of aliphatic imine (C=N–C) groups is 1. The van der Waals surface area contributed by atoms with Crippen LogP contribution in [-0.4, -0.2) is 35.3 Å². The van der Waals surface area contributed by atoms with Crippen LogP contribution in [0.25, 0.3) is 0 Å². The van der Waals surface area contributed by atoms with Gasteiger partial charge in [-0.2, -0.15) is 4.99 Å². The number of carbonyl (C=O) groups excluding carboxylic acids is 2. The summed E-state index contributed by atoms with van der Waals surface area (Å²) in [5, 5.41) is 4.10. The van der Waals surface area contributed by atoms with Crippen molar-refractivity contribution in [2.75, 3.05) is 11.9 Å². The molecular formula is C19H20ClN3O2S. The molecule has 1 N–H and O–H groups in total. The fourth-order valence-electron chi connectivity index (χ4n) is 3.84. The van der Waals surface area contributed by atoms with Gasteiger partial charge in [0.15, 0.2) is 5.17 Å². The SMILES string of the molecule is CN(C(=O)CC1SC(NC2CC3C=CC2C3)=NC1=O)c1ccccc1Cl. The predicted molar refractivity (Wildman–Crippen MR) is 106 cm³/mol. The maximum atomic E-state index is 12.6. The van der Waals surface area contributed by atoms with Crippen molar-refractivity contribution in [3.8, 4) is 0 Å². The molecule has 1 aliphatic heterocycles. The van der Waals surface area contributed by atoms with E-state index < -0.39 is 5.25 Å².